The molecule has 118 valence electrons. The summed E-state index contributed by atoms with van der Waals surface area (Å²) < 4.78 is 26.5. The van der Waals surface area contributed by atoms with Crippen LogP contribution in [0.25, 0.3) is 0 Å². The van der Waals surface area contributed by atoms with Crippen LogP contribution >= 0.6 is 11.6 Å². The monoisotopic (exact) mass is 336 g/mol. The second-order valence-electron chi connectivity index (χ2n) is 4.63. The number of aliphatic hydroxyl groups is 1. The second-order valence-corrected chi connectivity index (χ2v) is 6.80. The summed E-state index contributed by atoms with van der Waals surface area (Å²) in [6.07, 6.45) is 0.763. The minimum Gasteiger partial charge on any atom is -0.389 e. The van der Waals surface area contributed by atoms with Crippen molar-refractivity contribution in [3.63, 3.8) is 0 Å². The van der Waals surface area contributed by atoms with Crippen LogP contribution in [0.4, 0.5) is 5.69 Å². The first-order valence-electron chi connectivity index (χ1n) is 6.31. The number of halogens is 1. The van der Waals surface area contributed by atoms with Gasteiger partial charge in [0.2, 0.25) is 10.0 Å². The molecule has 0 aromatic heterocycles. The van der Waals surface area contributed by atoms with Crippen molar-refractivity contribution in [3.05, 3.63) is 33.3 Å². The number of benzene rings is 1. The van der Waals surface area contributed by atoms with E-state index in [0.29, 0.717) is 12.8 Å². The Labute approximate surface area is 128 Å². The molecular formula is C12H17ClN2O5S. The van der Waals surface area contributed by atoms with E-state index in [2.05, 4.69) is 4.72 Å². The molecule has 0 radical (unpaired) electrons. The van der Waals surface area contributed by atoms with Gasteiger partial charge in [0.15, 0.2) is 0 Å². The summed E-state index contributed by atoms with van der Waals surface area (Å²) in [7, 11) is -3.96. The third-order valence-corrected chi connectivity index (χ3v) is 5.05. The van der Waals surface area contributed by atoms with Gasteiger partial charge in [-0.05, 0) is 25.0 Å². The van der Waals surface area contributed by atoms with E-state index in [0.717, 1.165) is 12.1 Å². The maximum atomic E-state index is 12.1. The van der Waals surface area contributed by atoms with Crippen LogP contribution in [0.5, 0.6) is 0 Å². The molecule has 9 heteroatoms. The molecule has 0 unspecified atom stereocenters. The zero-order valence-electron chi connectivity index (χ0n) is 11.7. The van der Waals surface area contributed by atoms with Crippen LogP contribution in [0.1, 0.15) is 26.7 Å². The van der Waals surface area contributed by atoms with Crippen molar-refractivity contribution in [1.29, 1.82) is 0 Å². The zero-order valence-corrected chi connectivity index (χ0v) is 13.2. The van der Waals surface area contributed by atoms with Crippen molar-refractivity contribution in [2.75, 3.05) is 6.54 Å². The molecule has 0 saturated carbocycles. The van der Waals surface area contributed by atoms with Crippen molar-refractivity contribution in [2.24, 2.45) is 0 Å². The smallest absolute Gasteiger partial charge is 0.289 e. The van der Waals surface area contributed by atoms with Gasteiger partial charge >= 0.3 is 0 Å². The summed E-state index contributed by atoms with van der Waals surface area (Å²) in [6.45, 7) is 3.31. The van der Waals surface area contributed by atoms with Gasteiger partial charge in [-0.25, -0.2) is 13.1 Å². The highest BCUT2D eigenvalue weighted by Gasteiger charge is 2.26. The van der Waals surface area contributed by atoms with Gasteiger partial charge in [0.1, 0.15) is 5.02 Å². The van der Waals surface area contributed by atoms with E-state index < -0.39 is 26.2 Å². The van der Waals surface area contributed by atoms with Crippen molar-refractivity contribution in [2.45, 2.75) is 37.2 Å². The Bertz CT molecular complexity index is 629. The molecule has 0 atom stereocenters. The van der Waals surface area contributed by atoms with E-state index in [1.54, 1.807) is 13.8 Å². The molecule has 0 aliphatic carbocycles. The number of rotatable bonds is 7. The number of nitrogens with zero attached hydrogens (tertiary/aromatic N) is 1. The number of nitro groups is 1. The van der Waals surface area contributed by atoms with E-state index in [-0.39, 0.29) is 16.5 Å². The van der Waals surface area contributed by atoms with Gasteiger partial charge < -0.3 is 5.11 Å². The molecule has 7 nitrogen and oxygen atoms in total. The normalized spacial score (nSPS) is 12.4. The SMILES string of the molecule is CCC(O)(CC)CNS(=O)(=O)c1ccc(Cl)c([N+](=O)[O-])c1. The van der Waals surface area contributed by atoms with E-state index in [4.69, 9.17) is 11.6 Å². The number of sulfonamides is 1. The predicted molar refractivity (Wildman–Crippen MR) is 78.8 cm³/mol. The summed E-state index contributed by atoms with van der Waals surface area (Å²) in [4.78, 5) is 9.75. The molecule has 1 aromatic carbocycles. The Kier molecular flexibility index (Phi) is 5.68. The van der Waals surface area contributed by atoms with Gasteiger partial charge in [-0.1, -0.05) is 25.4 Å². The van der Waals surface area contributed by atoms with Crippen LogP contribution in [-0.2, 0) is 10.0 Å². The summed E-state index contributed by atoms with van der Waals surface area (Å²) in [5, 5.41) is 20.7. The molecule has 2 N–H and O–H groups in total. The van der Waals surface area contributed by atoms with Crippen LogP contribution < -0.4 is 4.72 Å². The number of nitrogens with one attached hydrogen (secondary N) is 1. The average molecular weight is 337 g/mol. The fourth-order valence-electron chi connectivity index (χ4n) is 1.61. The third kappa shape index (κ3) is 4.37. The average Bonchev–Trinajstić information content (AvgIpc) is 2.45. The predicted octanol–water partition coefficient (Wildman–Crippen LogP) is 2.08. The largest absolute Gasteiger partial charge is 0.389 e. The topological polar surface area (TPSA) is 110 Å². The molecule has 0 saturated heterocycles. The van der Waals surface area contributed by atoms with E-state index in [9.17, 15) is 23.6 Å². The Balaban J connectivity index is 3.04. The van der Waals surface area contributed by atoms with Crippen LogP contribution in [0.2, 0.25) is 5.02 Å². The van der Waals surface area contributed by atoms with Crippen LogP contribution in [0, 0.1) is 10.1 Å². The van der Waals surface area contributed by atoms with E-state index in [1.165, 1.54) is 6.07 Å². The highest BCUT2D eigenvalue weighted by atomic mass is 35.5. The van der Waals surface area contributed by atoms with Gasteiger partial charge in [-0.2, -0.15) is 0 Å². The van der Waals surface area contributed by atoms with Crippen LogP contribution in [0.3, 0.4) is 0 Å². The molecule has 1 rings (SSSR count). The first kappa shape index (κ1) is 17.8. The first-order chi connectivity index (χ1) is 9.65. The number of hydrogen-bond acceptors (Lipinski definition) is 5. The maximum absolute atomic E-state index is 12.1. The van der Waals surface area contributed by atoms with Crippen LogP contribution in [0.15, 0.2) is 23.1 Å². The number of hydrogen-bond donors (Lipinski definition) is 2. The van der Waals surface area contributed by atoms with E-state index >= 15 is 0 Å². The molecule has 0 heterocycles. The molecule has 0 aliphatic rings. The summed E-state index contributed by atoms with van der Waals surface area (Å²) in [5.41, 5.74) is -1.63. The Morgan fingerprint density at radius 1 is 1.38 bits per heavy atom. The lowest BCUT2D eigenvalue weighted by Gasteiger charge is -2.25. The lowest BCUT2D eigenvalue weighted by atomic mass is 9.98. The van der Waals surface area contributed by atoms with Gasteiger partial charge in [0.25, 0.3) is 5.69 Å². The Hall–Kier alpha value is -1.22. The summed E-state index contributed by atoms with van der Waals surface area (Å²) in [6, 6.07) is 3.22. The van der Waals surface area contributed by atoms with Gasteiger partial charge in [-0.15, -0.1) is 0 Å². The third-order valence-electron chi connectivity index (χ3n) is 3.33. The van der Waals surface area contributed by atoms with Gasteiger partial charge in [0.05, 0.1) is 15.4 Å². The van der Waals surface area contributed by atoms with Crippen molar-refractivity contribution >= 4 is 27.3 Å². The van der Waals surface area contributed by atoms with Gasteiger partial charge in [-0.3, -0.25) is 10.1 Å². The fourth-order valence-corrected chi connectivity index (χ4v) is 2.94. The molecule has 1 aromatic rings. The second kappa shape index (κ2) is 6.69. The zero-order chi connectivity index (χ0) is 16.3. The van der Waals surface area contributed by atoms with Crippen molar-refractivity contribution in [3.8, 4) is 0 Å². The molecular weight excluding hydrogens is 320 g/mol. The molecule has 0 amide bonds. The summed E-state index contributed by atoms with van der Waals surface area (Å²) >= 11 is 5.64. The quantitative estimate of drug-likeness (QED) is 0.585. The first-order valence-corrected chi connectivity index (χ1v) is 8.17. The summed E-state index contributed by atoms with van der Waals surface area (Å²) in [5.74, 6) is 0. The van der Waals surface area contributed by atoms with Crippen molar-refractivity contribution < 1.29 is 18.4 Å². The van der Waals surface area contributed by atoms with E-state index in [1.807, 2.05) is 0 Å². The lowest BCUT2D eigenvalue weighted by Crippen LogP contribution is -2.41. The van der Waals surface area contributed by atoms with Crippen molar-refractivity contribution in [1.82, 2.24) is 4.72 Å². The number of nitro benzene ring substituents is 1. The fraction of sp³-hybridized carbons (Fsp3) is 0.500. The molecule has 0 fully saturated rings. The maximum Gasteiger partial charge on any atom is 0.289 e. The van der Waals surface area contributed by atoms with Crippen LogP contribution in [-0.4, -0.2) is 30.6 Å². The van der Waals surface area contributed by atoms with Gasteiger partial charge in [0, 0.05) is 12.6 Å². The Morgan fingerprint density at radius 3 is 2.43 bits per heavy atom. The molecule has 21 heavy (non-hydrogen) atoms. The lowest BCUT2D eigenvalue weighted by molar-refractivity contribution is -0.384. The molecule has 0 bridgehead atoms. The molecule has 0 spiro atoms. The molecule has 0 aliphatic heterocycles. The standard InChI is InChI=1S/C12H17ClN2O5S/c1-3-12(16,4-2)8-14-21(19,20)9-5-6-10(13)11(7-9)15(17)18/h5-7,14,16H,3-4,8H2,1-2H3. The minimum atomic E-state index is -3.96. The highest BCUT2D eigenvalue weighted by molar-refractivity contribution is 7.89. The minimum absolute atomic E-state index is 0.141. The Morgan fingerprint density at radius 2 is 1.95 bits per heavy atom. The highest BCUT2D eigenvalue weighted by Crippen LogP contribution is 2.27.